The number of non-ortho nitro benzene ring substituents is 1. The second-order valence-electron chi connectivity index (χ2n) is 6.01. The molecule has 7 nitrogen and oxygen atoms in total. The number of anilines is 1. The van der Waals surface area contributed by atoms with Crippen LogP contribution in [0.5, 0.6) is 0 Å². The molecule has 0 saturated carbocycles. The Morgan fingerprint density at radius 1 is 1.12 bits per heavy atom. The summed E-state index contributed by atoms with van der Waals surface area (Å²) >= 11 is 0. The van der Waals surface area contributed by atoms with Crippen LogP contribution < -0.4 is 4.90 Å². The number of nitro benzene ring substituents is 1. The van der Waals surface area contributed by atoms with Crippen molar-refractivity contribution in [2.24, 2.45) is 0 Å². The van der Waals surface area contributed by atoms with Gasteiger partial charge in [-0.1, -0.05) is 41.6 Å². The number of fused-ring (bicyclic) bond motifs is 2. The van der Waals surface area contributed by atoms with E-state index in [0.717, 1.165) is 17.7 Å². The number of aromatic nitrogens is 3. The van der Waals surface area contributed by atoms with Crippen LogP contribution in [0.1, 0.15) is 6.92 Å². The van der Waals surface area contributed by atoms with E-state index in [0.29, 0.717) is 12.2 Å². The van der Waals surface area contributed by atoms with Crippen molar-refractivity contribution in [1.29, 1.82) is 0 Å². The normalized spacial score (nSPS) is 11.1. The van der Waals surface area contributed by atoms with E-state index in [4.69, 9.17) is 0 Å². The molecule has 4 rings (SSSR count). The topological polar surface area (TPSA) is 77.1 Å². The average Bonchev–Trinajstić information content (AvgIpc) is 3.07. The fraction of sp³-hybridized carbons (Fsp3) is 0.158. The molecular formula is C19H17N5O2. The zero-order valence-corrected chi connectivity index (χ0v) is 14.2. The van der Waals surface area contributed by atoms with Crippen LogP contribution in [0, 0.1) is 10.1 Å². The lowest BCUT2D eigenvalue weighted by Gasteiger charge is -2.24. The van der Waals surface area contributed by atoms with Crippen LogP contribution in [0.25, 0.3) is 21.8 Å². The van der Waals surface area contributed by atoms with Gasteiger partial charge in [0.15, 0.2) is 0 Å². The Kier molecular flexibility index (Phi) is 3.96. The molecule has 1 heterocycles. The number of hydrogen-bond donors (Lipinski definition) is 0. The summed E-state index contributed by atoms with van der Waals surface area (Å²) in [5.41, 5.74) is 2.43. The molecule has 1 aromatic heterocycles. The second kappa shape index (κ2) is 6.44. The third kappa shape index (κ3) is 2.73. The smallest absolute Gasteiger partial charge is 0.271 e. The Morgan fingerprint density at radius 2 is 1.92 bits per heavy atom. The van der Waals surface area contributed by atoms with Gasteiger partial charge >= 0.3 is 0 Å². The molecule has 0 spiro atoms. The monoisotopic (exact) mass is 347 g/mol. The average molecular weight is 347 g/mol. The molecule has 0 fully saturated rings. The summed E-state index contributed by atoms with van der Waals surface area (Å²) in [6.45, 7) is 3.40. The molecule has 0 amide bonds. The molecule has 0 aliphatic heterocycles. The lowest BCUT2D eigenvalue weighted by atomic mass is 10.1. The van der Waals surface area contributed by atoms with Crippen LogP contribution in [-0.2, 0) is 6.67 Å². The van der Waals surface area contributed by atoms with Crippen LogP contribution in [0.3, 0.4) is 0 Å². The minimum absolute atomic E-state index is 0.0194. The zero-order chi connectivity index (χ0) is 18.1. The minimum Gasteiger partial charge on any atom is -0.352 e. The summed E-state index contributed by atoms with van der Waals surface area (Å²) in [6, 6.07) is 19.1. The Balaban J connectivity index is 1.73. The van der Waals surface area contributed by atoms with Gasteiger partial charge in [-0.05, 0) is 24.4 Å². The standard InChI is InChI=1S/C19H17N5O2/c1-2-22(18-9-5-7-14-6-3-4-8-16(14)18)13-23-19-11-10-15(24(25)26)12-17(19)20-21-23/h3-12H,2,13H2,1H3. The highest BCUT2D eigenvalue weighted by Crippen LogP contribution is 2.27. The van der Waals surface area contributed by atoms with Gasteiger partial charge in [-0.2, -0.15) is 0 Å². The van der Waals surface area contributed by atoms with Crippen molar-refractivity contribution in [2.75, 3.05) is 11.4 Å². The predicted octanol–water partition coefficient (Wildman–Crippen LogP) is 3.98. The molecule has 0 saturated heterocycles. The molecule has 26 heavy (non-hydrogen) atoms. The van der Waals surface area contributed by atoms with Crippen LogP contribution in [-0.4, -0.2) is 26.5 Å². The number of nitrogens with zero attached hydrogens (tertiary/aromatic N) is 5. The van der Waals surface area contributed by atoms with E-state index in [1.807, 2.05) is 18.2 Å². The van der Waals surface area contributed by atoms with Crippen molar-refractivity contribution in [3.63, 3.8) is 0 Å². The summed E-state index contributed by atoms with van der Waals surface area (Å²) in [7, 11) is 0. The molecule has 0 aliphatic carbocycles. The van der Waals surface area contributed by atoms with Crippen molar-refractivity contribution >= 4 is 33.2 Å². The number of benzene rings is 3. The zero-order valence-electron chi connectivity index (χ0n) is 14.2. The lowest BCUT2D eigenvalue weighted by Crippen LogP contribution is -2.26. The molecule has 0 aliphatic rings. The molecule has 0 N–H and O–H groups in total. The molecule has 130 valence electrons. The Labute approximate surface area is 149 Å². The van der Waals surface area contributed by atoms with E-state index >= 15 is 0 Å². The van der Waals surface area contributed by atoms with Crippen molar-refractivity contribution in [2.45, 2.75) is 13.6 Å². The summed E-state index contributed by atoms with van der Waals surface area (Å²) in [6.07, 6.45) is 0. The van der Waals surface area contributed by atoms with Crippen molar-refractivity contribution < 1.29 is 4.92 Å². The first-order valence-electron chi connectivity index (χ1n) is 8.37. The predicted molar refractivity (Wildman–Crippen MR) is 101 cm³/mol. The lowest BCUT2D eigenvalue weighted by molar-refractivity contribution is -0.384. The molecular weight excluding hydrogens is 330 g/mol. The van der Waals surface area contributed by atoms with Crippen LogP contribution in [0.2, 0.25) is 0 Å². The number of hydrogen-bond acceptors (Lipinski definition) is 5. The maximum absolute atomic E-state index is 10.9. The summed E-state index contributed by atoms with van der Waals surface area (Å²) in [5.74, 6) is 0. The highest BCUT2D eigenvalue weighted by molar-refractivity contribution is 5.94. The second-order valence-corrected chi connectivity index (χ2v) is 6.01. The third-order valence-electron chi connectivity index (χ3n) is 4.50. The van der Waals surface area contributed by atoms with Crippen LogP contribution in [0.15, 0.2) is 60.7 Å². The minimum atomic E-state index is -0.424. The van der Waals surface area contributed by atoms with Gasteiger partial charge in [-0.3, -0.25) is 10.1 Å². The van der Waals surface area contributed by atoms with Gasteiger partial charge in [0.25, 0.3) is 5.69 Å². The fourth-order valence-electron chi connectivity index (χ4n) is 3.17. The largest absolute Gasteiger partial charge is 0.352 e. The van der Waals surface area contributed by atoms with E-state index in [9.17, 15) is 10.1 Å². The van der Waals surface area contributed by atoms with Crippen LogP contribution in [0.4, 0.5) is 11.4 Å². The van der Waals surface area contributed by atoms with Crippen molar-refractivity contribution in [3.8, 4) is 0 Å². The summed E-state index contributed by atoms with van der Waals surface area (Å²) in [4.78, 5) is 12.7. The Bertz CT molecular complexity index is 1100. The summed E-state index contributed by atoms with van der Waals surface area (Å²) < 4.78 is 1.77. The van der Waals surface area contributed by atoms with E-state index in [1.165, 1.54) is 22.9 Å². The highest BCUT2D eigenvalue weighted by atomic mass is 16.6. The first kappa shape index (κ1) is 16.0. The maximum atomic E-state index is 10.9. The Hall–Kier alpha value is -3.48. The molecule has 0 unspecified atom stereocenters. The van der Waals surface area contributed by atoms with E-state index < -0.39 is 4.92 Å². The molecule has 0 atom stereocenters. The van der Waals surface area contributed by atoms with Gasteiger partial charge in [-0.25, -0.2) is 4.68 Å². The molecule has 7 heteroatoms. The van der Waals surface area contributed by atoms with Gasteiger partial charge in [0, 0.05) is 29.8 Å². The molecule has 0 bridgehead atoms. The SMILES string of the molecule is CCN(Cn1nnc2cc([N+](=O)[O-])ccc21)c1cccc2ccccc12. The van der Waals surface area contributed by atoms with Crippen molar-refractivity contribution in [1.82, 2.24) is 15.0 Å². The van der Waals surface area contributed by atoms with Crippen molar-refractivity contribution in [3.05, 3.63) is 70.8 Å². The van der Waals surface area contributed by atoms with Gasteiger partial charge in [-0.15, -0.1) is 5.10 Å². The Morgan fingerprint density at radius 3 is 2.73 bits per heavy atom. The van der Waals surface area contributed by atoms with Gasteiger partial charge < -0.3 is 4.90 Å². The van der Waals surface area contributed by atoms with E-state index in [-0.39, 0.29) is 5.69 Å². The molecule has 3 aromatic carbocycles. The van der Waals surface area contributed by atoms with Gasteiger partial charge in [0.1, 0.15) is 12.2 Å². The molecule has 0 radical (unpaired) electrons. The first-order valence-corrected chi connectivity index (χ1v) is 8.37. The fourth-order valence-corrected chi connectivity index (χ4v) is 3.17. The van der Waals surface area contributed by atoms with E-state index in [2.05, 4.69) is 46.4 Å². The first-order chi connectivity index (χ1) is 12.7. The number of rotatable bonds is 5. The maximum Gasteiger partial charge on any atom is 0.271 e. The summed E-state index contributed by atoms with van der Waals surface area (Å²) in [5, 5.41) is 21.6. The number of nitro groups is 1. The quantitative estimate of drug-likeness (QED) is 0.403. The van der Waals surface area contributed by atoms with Crippen LogP contribution >= 0.6 is 0 Å². The van der Waals surface area contributed by atoms with Gasteiger partial charge in [0.2, 0.25) is 0 Å². The third-order valence-corrected chi connectivity index (χ3v) is 4.50. The van der Waals surface area contributed by atoms with E-state index in [1.54, 1.807) is 10.7 Å². The molecule has 4 aromatic rings. The van der Waals surface area contributed by atoms with Gasteiger partial charge in [0.05, 0.1) is 10.4 Å². The highest BCUT2D eigenvalue weighted by Gasteiger charge is 2.14.